The molecular weight excluding hydrogens is 770 g/mol. The van der Waals surface area contributed by atoms with Gasteiger partial charge in [0.15, 0.2) is 37.3 Å². The van der Waals surface area contributed by atoms with Gasteiger partial charge in [-0.15, -0.1) is 0 Å². The third-order valence-corrected chi connectivity index (χ3v) is 19.0. The van der Waals surface area contributed by atoms with Gasteiger partial charge in [-0.2, -0.15) is 0 Å². The summed E-state index contributed by atoms with van der Waals surface area (Å²) in [6.45, 7) is 0. The van der Waals surface area contributed by atoms with Gasteiger partial charge in [0.1, 0.15) is 68.0 Å². The number of benzene rings is 8. The lowest BCUT2D eigenvalue weighted by atomic mass is 9.99. The first-order valence-electron chi connectivity index (χ1n) is 18.9. The Balaban J connectivity index is 1.14. The fourth-order valence-corrected chi connectivity index (χ4v) is 17.4. The van der Waals surface area contributed by atoms with E-state index >= 15 is 9.13 Å². The summed E-state index contributed by atoms with van der Waals surface area (Å²) in [5.41, 5.74) is 4.19. The van der Waals surface area contributed by atoms with Crippen LogP contribution in [0, 0.1) is 0 Å². The van der Waals surface area contributed by atoms with Crippen LogP contribution >= 0.6 is 14.3 Å². The number of hydrogen-bond acceptors (Lipinski definition) is 10. The molecule has 0 saturated carbocycles. The smallest absolute Gasteiger partial charge is 0.190 e. The highest BCUT2D eigenvalue weighted by molar-refractivity contribution is 7.87. The molecule has 8 aromatic rings. The van der Waals surface area contributed by atoms with E-state index in [0.717, 1.165) is 22.1 Å². The molecule has 16 rings (SSSR count). The largest absolute Gasteiger partial charge is 0.456 e. The molecule has 2 atom stereocenters. The predicted molar refractivity (Wildman–Crippen MR) is 220 cm³/mol. The Morgan fingerprint density at radius 3 is 1.09 bits per heavy atom. The molecular formula is C46H20N2O8P2. The van der Waals surface area contributed by atoms with Crippen LogP contribution in [0.1, 0.15) is 0 Å². The molecule has 10 nitrogen and oxygen atoms in total. The molecule has 8 heterocycles. The van der Waals surface area contributed by atoms with Crippen molar-refractivity contribution in [3.05, 3.63) is 121 Å². The Labute approximate surface area is 327 Å². The van der Waals surface area contributed by atoms with Crippen LogP contribution < -0.4 is 70.0 Å². The van der Waals surface area contributed by atoms with E-state index < -0.39 is 14.3 Å². The lowest BCUT2D eigenvalue weighted by molar-refractivity contribution is 0.454. The van der Waals surface area contributed by atoms with Gasteiger partial charge in [-0.05, 0) is 84.9 Å². The fourth-order valence-electron chi connectivity index (χ4n) is 10.6. The second-order valence-corrected chi connectivity index (χ2v) is 20.5. The van der Waals surface area contributed by atoms with Gasteiger partial charge in [0.2, 0.25) is 0 Å². The molecule has 0 bridgehead atoms. The van der Waals surface area contributed by atoms with Crippen molar-refractivity contribution in [2.75, 3.05) is 9.80 Å². The van der Waals surface area contributed by atoms with Crippen molar-refractivity contribution in [2.24, 2.45) is 0 Å². The maximum Gasteiger partial charge on any atom is 0.190 e. The van der Waals surface area contributed by atoms with E-state index in [1.54, 1.807) is 0 Å². The summed E-state index contributed by atoms with van der Waals surface area (Å²) >= 11 is 0. The minimum Gasteiger partial charge on any atom is -0.456 e. The fraction of sp³-hybridized carbons (Fsp3) is 0. The number of fused-ring (bicyclic) bond motifs is 9. The molecule has 8 aliphatic rings. The molecule has 0 aliphatic carbocycles. The normalized spacial score (nSPS) is 20.4. The highest BCUT2D eigenvalue weighted by atomic mass is 31.2. The van der Waals surface area contributed by atoms with E-state index in [2.05, 4.69) is 9.80 Å². The zero-order valence-corrected chi connectivity index (χ0v) is 31.4. The first-order chi connectivity index (χ1) is 28.5. The third-order valence-electron chi connectivity index (χ3n) is 12.7. The van der Waals surface area contributed by atoms with Crippen molar-refractivity contribution in [1.29, 1.82) is 0 Å². The summed E-state index contributed by atoms with van der Waals surface area (Å²) in [4.78, 5) is 4.29. The second-order valence-electron chi connectivity index (χ2n) is 15.4. The van der Waals surface area contributed by atoms with Crippen LogP contribution in [-0.2, 0) is 9.13 Å². The molecule has 2 unspecified atom stereocenters. The van der Waals surface area contributed by atoms with E-state index in [1.807, 2.05) is 121 Å². The van der Waals surface area contributed by atoms with Gasteiger partial charge in [0, 0.05) is 10.8 Å². The lowest BCUT2D eigenvalue weighted by Crippen LogP contribution is -2.44. The number of rotatable bonds is 0. The molecule has 0 saturated heterocycles. The standard InChI is InChI=1S/C46H20N2O8P2/c49-57-41-29-11-5-13-31(41)55-35-20-22-21(37(45(35)57)47-23-7-1-3-9-25(23)51-27-15-17-33(53-29)43(57)39(27)47)19-36-46-38(22)48-24-8-2-4-10-26(24)52-28-16-18-34-44(40(28)48)58(46,50)42-30(54-34)12-6-14-32(42)56-36/h1-20H. The first-order valence-corrected chi connectivity index (χ1v) is 22.3. The first kappa shape index (κ1) is 29.2. The van der Waals surface area contributed by atoms with Crippen molar-refractivity contribution in [2.45, 2.75) is 0 Å². The van der Waals surface area contributed by atoms with E-state index in [1.165, 1.54) is 0 Å². The molecule has 0 spiro atoms. The highest BCUT2D eigenvalue weighted by Gasteiger charge is 2.59. The Morgan fingerprint density at radius 2 is 0.638 bits per heavy atom. The number of hydrogen-bond donors (Lipinski definition) is 0. The lowest BCUT2D eigenvalue weighted by Gasteiger charge is -2.48. The maximum atomic E-state index is 16.7. The average Bonchev–Trinajstić information content (AvgIpc) is 3.23. The Bertz CT molecular complexity index is 3350. The summed E-state index contributed by atoms with van der Waals surface area (Å²) in [5.74, 6) is 6.24. The topological polar surface area (TPSA) is 96.0 Å². The molecule has 0 fully saturated rings. The van der Waals surface area contributed by atoms with Crippen molar-refractivity contribution < 1.29 is 37.6 Å². The average molecular weight is 791 g/mol. The van der Waals surface area contributed by atoms with Crippen molar-refractivity contribution in [3.63, 3.8) is 0 Å². The molecule has 0 N–H and O–H groups in total. The number of ether oxygens (including phenoxy) is 6. The molecule has 0 amide bonds. The molecule has 0 radical (unpaired) electrons. The van der Waals surface area contributed by atoms with Gasteiger partial charge >= 0.3 is 0 Å². The van der Waals surface area contributed by atoms with Gasteiger partial charge in [-0.3, -0.25) is 0 Å². The minimum atomic E-state index is -3.70. The molecule has 272 valence electrons. The van der Waals surface area contributed by atoms with Crippen LogP contribution in [0.5, 0.6) is 69.0 Å². The van der Waals surface area contributed by atoms with Crippen LogP contribution in [0.3, 0.4) is 0 Å². The van der Waals surface area contributed by atoms with Crippen molar-refractivity contribution in [1.82, 2.24) is 0 Å². The van der Waals surface area contributed by atoms with Crippen LogP contribution in [0.4, 0.5) is 34.1 Å². The zero-order chi connectivity index (χ0) is 37.6. The van der Waals surface area contributed by atoms with Crippen LogP contribution in [0.25, 0.3) is 10.8 Å². The van der Waals surface area contributed by atoms with Crippen molar-refractivity contribution >= 4 is 91.0 Å². The summed E-state index contributed by atoms with van der Waals surface area (Å²) < 4.78 is 73.6. The van der Waals surface area contributed by atoms with E-state index in [-0.39, 0.29) is 0 Å². The Morgan fingerprint density at radius 1 is 0.310 bits per heavy atom. The monoisotopic (exact) mass is 790 g/mol. The maximum absolute atomic E-state index is 16.7. The quantitative estimate of drug-likeness (QED) is 0.138. The Hall–Kier alpha value is -7.12. The number of para-hydroxylation sites is 4. The van der Waals surface area contributed by atoms with Gasteiger partial charge in [-0.1, -0.05) is 36.4 Å². The molecule has 8 aromatic carbocycles. The zero-order valence-electron chi connectivity index (χ0n) is 29.6. The molecule has 58 heavy (non-hydrogen) atoms. The summed E-state index contributed by atoms with van der Waals surface area (Å²) in [7, 11) is -7.41. The minimum absolute atomic E-state index is 0.448. The summed E-state index contributed by atoms with van der Waals surface area (Å²) in [6.07, 6.45) is 0. The van der Waals surface area contributed by atoms with Crippen molar-refractivity contribution in [3.8, 4) is 69.0 Å². The molecule has 8 aliphatic heterocycles. The van der Waals surface area contributed by atoms with Gasteiger partial charge in [-0.25, -0.2) is 0 Å². The highest BCUT2D eigenvalue weighted by Crippen LogP contribution is 2.72. The van der Waals surface area contributed by atoms with Crippen LogP contribution in [0.15, 0.2) is 121 Å². The SMILES string of the molecule is O=P12c3c4cccc3Oc3cc5c6c7c(cc5c(c31)N1c3ccccc3Oc3ccc(c2c31)O4)Oc1cccc2c1P7(=O)c1c(ccc3c1N6c1ccccc1O3)O2. The third kappa shape index (κ3) is 2.89. The van der Waals surface area contributed by atoms with E-state index in [9.17, 15) is 0 Å². The van der Waals surface area contributed by atoms with Gasteiger partial charge < -0.3 is 47.4 Å². The van der Waals surface area contributed by atoms with Crippen LogP contribution in [0.2, 0.25) is 0 Å². The number of nitrogens with zero attached hydrogens (tertiary/aromatic N) is 2. The summed E-state index contributed by atoms with van der Waals surface area (Å²) in [6, 6.07) is 38.2. The van der Waals surface area contributed by atoms with E-state index in [0.29, 0.717) is 124 Å². The summed E-state index contributed by atoms with van der Waals surface area (Å²) in [5, 5.41) is 4.81. The number of anilines is 6. The predicted octanol–water partition coefficient (Wildman–Crippen LogP) is 10.3. The van der Waals surface area contributed by atoms with E-state index in [4.69, 9.17) is 28.4 Å². The Kier molecular flexibility index (Phi) is 4.54. The van der Waals surface area contributed by atoms with Gasteiger partial charge in [0.25, 0.3) is 0 Å². The molecule has 0 aromatic heterocycles. The molecule has 12 heteroatoms. The van der Waals surface area contributed by atoms with Gasteiger partial charge in [0.05, 0.1) is 44.0 Å². The second kappa shape index (κ2) is 9.03. The van der Waals surface area contributed by atoms with Crippen LogP contribution in [-0.4, -0.2) is 0 Å².